The molecule has 0 saturated carbocycles. The Kier molecular flexibility index (Phi) is 5.92. The van der Waals surface area contributed by atoms with Gasteiger partial charge in [0.2, 0.25) is 0 Å². The number of benzene rings is 2. The van der Waals surface area contributed by atoms with E-state index in [4.69, 9.17) is 11.6 Å². The van der Waals surface area contributed by atoms with E-state index < -0.39 is 0 Å². The first-order valence-electron chi connectivity index (χ1n) is 8.67. The SMILES string of the molecule is Cc1cc(C[C@@H](C)c2ccc(Cl)c(C(C)C)c2)cc(C(C)C)c1. The molecule has 0 saturated heterocycles. The molecular formula is C22H29Cl. The van der Waals surface area contributed by atoms with Crippen LogP contribution in [0.15, 0.2) is 36.4 Å². The van der Waals surface area contributed by atoms with Gasteiger partial charge in [-0.1, -0.05) is 82.1 Å². The number of hydrogen-bond donors (Lipinski definition) is 0. The van der Waals surface area contributed by atoms with E-state index >= 15 is 0 Å². The summed E-state index contributed by atoms with van der Waals surface area (Å²) in [6.07, 6.45) is 1.07. The molecule has 0 spiro atoms. The Bertz CT molecular complexity index is 668. The van der Waals surface area contributed by atoms with Crippen molar-refractivity contribution in [2.75, 3.05) is 0 Å². The lowest BCUT2D eigenvalue weighted by Crippen LogP contribution is -2.02. The summed E-state index contributed by atoms with van der Waals surface area (Å²) in [7, 11) is 0. The van der Waals surface area contributed by atoms with Gasteiger partial charge in [0.25, 0.3) is 0 Å². The summed E-state index contributed by atoms with van der Waals surface area (Å²) >= 11 is 6.33. The van der Waals surface area contributed by atoms with Crippen molar-refractivity contribution < 1.29 is 0 Å². The van der Waals surface area contributed by atoms with Crippen LogP contribution >= 0.6 is 11.6 Å². The zero-order chi connectivity index (χ0) is 17.1. The van der Waals surface area contributed by atoms with Crippen LogP contribution in [-0.2, 0) is 6.42 Å². The molecule has 0 aromatic heterocycles. The summed E-state index contributed by atoms with van der Waals surface area (Å²) in [6, 6.07) is 13.5. The van der Waals surface area contributed by atoms with Crippen LogP contribution in [0.3, 0.4) is 0 Å². The van der Waals surface area contributed by atoms with Crippen molar-refractivity contribution in [3.05, 3.63) is 69.2 Å². The second kappa shape index (κ2) is 7.53. The zero-order valence-electron chi connectivity index (χ0n) is 15.3. The van der Waals surface area contributed by atoms with Crippen LogP contribution in [0.2, 0.25) is 5.02 Å². The van der Waals surface area contributed by atoms with Gasteiger partial charge >= 0.3 is 0 Å². The van der Waals surface area contributed by atoms with Crippen molar-refractivity contribution in [3.8, 4) is 0 Å². The lowest BCUT2D eigenvalue weighted by Gasteiger charge is -2.17. The lowest BCUT2D eigenvalue weighted by molar-refractivity contribution is 0.749. The standard InChI is InChI=1S/C22H29Cl/c1-14(2)20-10-16(5)9-18(12-20)11-17(6)19-7-8-22(23)21(13-19)15(3)4/h7-10,12-15,17H,11H2,1-6H3/t17-/m1/s1. The summed E-state index contributed by atoms with van der Waals surface area (Å²) in [5.74, 6) is 1.53. The van der Waals surface area contributed by atoms with Crippen molar-refractivity contribution in [1.82, 2.24) is 0 Å². The van der Waals surface area contributed by atoms with Gasteiger partial charge in [-0.2, -0.15) is 0 Å². The third-order valence-corrected chi connectivity index (χ3v) is 4.92. The molecule has 0 radical (unpaired) electrons. The zero-order valence-corrected chi connectivity index (χ0v) is 16.0. The fourth-order valence-electron chi connectivity index (χ4n) is 3.13. The number of rotatable bonds is 5. The van der Waals surface area contributed by atoms with E-state index in [-0.39, 0.29) is 0 Å². The molecule has 124 valence electrons. The fourth-order valence-corrected chi connectivity index (χ4v) is 3.46. The maximum Gasteiger partial charge on any atom is 0.0440 e. The van der Waals surface area contributed by atoms with Crippen LogP contribution in [0.1, 0.15) is 80.2 Å². The van der Waals surface area contributed by atoms with Gasteiger partial charge in [-0.15, -0.1) is 0 Å². The maximum atomic E-state index is 6.33. The summed E-state index contributed by atoms with van der Waals surface area (Å²) in [4.78, 5) is 0. The Morgan fingerprint density at radius 2 is 1.52 bits per heavy atom. The summed E-state index contributed by atoms with van der Waals surface area (Å²) in [5.41, 5.74) is 6.86. The first-order chi connectivity index (χ1) is 10.8. The van der Waals surface area contributed by atoms with Crippen molar-refractivity contribution in [1.29, 1.82) is 0 Å². The highest BCUT2D eigenvalue weighted by molar-refractivity contribution is 6.31. The van der Waals surface area contributed by atoms with Crippen molar-refractivity contribution in [2.45, 2.75) is 65.7 Å². The molecule has 0 nitrogen and oxygen atoms in total. The highest BCUT2D eigenvalue weighted by Crippen LogP contribution is 2.30. The van der Waals surface area contributed by atoms with Gasteiger partial charge in [-0.05, 0) is 59.4 Å². The van der Waals surface area contributed by atoms with Gasteiger partial charge in [-0.25, -0.2) is 0 Å². The Balaban J connectivity index is 2.25. The molecule has 0 aliphatic heterocycles. The summed E-state index contributed by atoms with van der Waals surface area (Å²) in [6.45, 7) is 13.4. The molecule has 0 N–H and O–H groups in total. The molecule has 1 atom stereocenters. The number of hydrogen-bond acceptors (Lipinski definition) is 0. The van der Waals surface area contributed by atoms with Crippen LogP contribution in [0.25, 0.3) is 0 Å². The van der Waals surface area contributed by atoms with Gasteiger partial charge < -0.3 is 0 Å². The van der Waals surface area contributed by atoms with Gasteiger partial charge in [-0.3, -0.25) is 0 Å². The van der Waals surface area contributed by atoms with Crippen molar-refractivity contribution >= 4 is 11.6 Å². The van der Waals surface area contributed by atoms with Gasteiger partial charge in [0.1, 0.15) is 0 Å². The van der Waals surface area contributed by atoms with E-state index in [1.54, 1.807) is 0 Å². The Labute approximate surface area is 146 Å². The van der Waals surface area contributed by atoms with Gasteiger partial charge in [0, 0.05) is 5.02 Å². The molecule has 0 aliphatic carbocycles. The molecule has 0 heterocycles. The van der Waals surface area contributed by atoms with Crippen LogP contribution in [0, 0.1) is 6.92 Å². The van der Waals surface area contributed by atoms with E-state index in [9.17, 15) is 0 Å². The molecule has 2 aromatic rings. The average Bonchev–Trinajstić information content (AvgIpc) is 2.46. The molecule has 0 amide bonds. The summed E-state index contributed by atoms with van der Waals surface area (Å²) < 4.78 is 0. The molecule has 2 rings (SSSR count). The molecule has 0 fully saturated rings. The third kappa shape index (κ3) is 4.61. The molecule has 2 aromatic carbocycles. The van der Waals surface area contributed by atoms with Crippen LogP contribution < -0.4 is 0 Å². The molecule has 23 heavy (non-hydrogen) atoms. The Morgan fingerprint density at radius 3 is 2.13 bits per heavy atom. The molecular weight excluding hydrogens is 300 g/mol. The first-order valence-corrected chi connectivity index (χ1v) is 9.05. The largest absolute Gasteiger partial charge is 0.0840 e. The second-order valence-electron chi connectivity index (χ2n) is 7.45. The average molecular weight is 329 g/mol. The quantitative estimate of drug-likeness (QED) is 0.542. The predicted molar refractivity (Wildman–Crippen MR) is 103 cm³/mol. The Morgan fingerprint density at radius 1 is 0.826 bits per heavy atom. The molecule has 0 bridgehead atoms. The van der Waals surface area contributed by atoms with Crippen LogP contribution in [0.5, 0.6) is 0 Å². The predicted octanol–water partition coefficient (Wildman–Crippen LogP) is 7.24. The van der Waals surface area contributed by atoms with Crippen molar-refractivity contribution in [3.63, 3.8) is 0 Å². The topological polar surface area (TPSA) is 0 Å². The first kappa shape index (κ1) is 18.1. The second-order valence-corrected chi connectivity index (χ2v) is 7.85. The smallest absolute Gasteiger partial charge is 0.0440 e. The van der Waals surface area contributed by atoms with E-state index in [0.29, 0.717) is 17.8 Å². The number of aryl methyl sites for hydroxylation is 1. The highest BCUT2D eigenvalue weighted by atomic mass is 35.5. The van der Waals surface area contributed by atoms with Crippen LogP contribution in [0.4, 0.5) is 0 Å². The molecule has 0 aliphatic rings. The van der Waals surface area contributed by atoms with Crippen LogP contribution in [-0.4, -0.2) is 0 Å². The van der Waals surface area contributed by atoms with E-state index in [0.717, 1.165) is 11.4 Å². The number of halogens is 1. The minimum Gasteiger partial charge on any atom is -0.0840 e. The molecule has 1 heteroatoms. The van der Waals surface area contributed by atoms with E-state index in [1.807, 2.05) is 0 Å². The monoisotopic (exact) mass is 328 g/mol. The van der Waals surface area contributed by atoms with Crippen molar-refractivity contribution in [2.24, 2.45) is 0 Å². The van der Waals surface area contributed by atoms with E-state index in [1.165, 1.54) is 27.8 Å². The normalized spacial score (nSPS) is 12.9. The minimum atomic E-state index is 0.459. The fraction of sp³-hybridized carbons (Fsp3) is 0.455. The minimum absolute atomic E-state index is 0.459. The third-order valence-electron chi connectivity index (χ3n) is 4.58. The Hall–Kier alpha value is -1.27. The van der Waals surface area contributed by atoms with Gasteiger partial charge in [0.05, 0.1) is 0 Å². The lowest BCUT2D eigenvalue weighted by atomic mass is 9.88. The van der Waals surface area contributed by atoms with Gasteiger partial charge in [0.15, 0.2) is 0 Å². The highest BCUT2D eigenvalue weighted by Gasteiger charge is 2.12. The maximum absolute atomic E-state index is 6.33. The molecule has 0 unspecified atom stereocenters. The van der Waals surface area contributed by atoms with E-state index in [2.05, 4.69) is 77.9 Å². The summed E-state index contributed by atoms with van der Waals surface area (Å²) in [5, 5.41) is 0.883.